The number of carboxylic acids is 1. The predicted molar refractivity (Wildman–Crippen MR) is 47.1 cm³/mol. The van der Waals surface area contributed by atoms with Crippen molar-refractivity contribution in [1.82, 2.24) is 0 Å². The zero-order valence-electron chi connectivity index (χ0n) is 7.73. The van der Waals surface area contributed by atoms with Crippen LogP contribution in [0.2, 0.25) is 0 Å². The van der Waals surface area contributed by atoms with Gasteiger partial charge in [0, 0.05) is 6.42 Å². The Morgan fingerprint density at radius 1 is 1.43 bits per heavy atom. The van der Waals surface area contributed by atoms with E-state index in [1.54, 1.807) is 0 Å². The minimum absolute atomic E-state index is 0.410. The molecular weight excluding hydrogens is 188 g/mol. The summed E-state index contributed by atoms with van der Waals surface area (Å²) in [5.74, 6) is -2.99. The van der Waals surface area contributed by atoms with Gasteiger partial charge >= 0.3 is 11.9 Å². The molecule has 1 aliphatic rings. The van der Waals surface area contributed by atoms with Crippen molar-refractivity contribution in [3.8, 4) is 0 Å². The zero-order chi connectivity index (χ0) is 10.8. The van der Waals surface area contributed by atoms with Crippen LogP contribution in [0.1, 0.15) is 25.7 Å². The Balaban J connectivity index is 2.64. The lowest BCUT2D eigenvalue weighted by Crippen LogP contribution is -2.60. The molecule has 5 N–H and O–H groups in total. The van der Waals surface area contributed by atoms with Crippen LogP contribution < -0.4 is 11.5 Å². The molecule has 0 aromatic heterocycles. The third kappa shape index (κ3) is 2.21. The largest absolute Gasteiger partial charge is 0.473 e. The molecule has 1 aliphatic carbocycles. The summed E-state index contributed by atoms with van der Waals surface area (Å²) in [6.45, 7) is 0. The van der Waals surface area contributed by atoms with Gasteiger partial charge in [-0.3, -0.25) is 5.73 Å². The van der Waals surface area contributed by atoms with Crippen LogP contribution in [0, 0.1) is 0 Å². The number of nitrogens with two attached hydrogens (primary N) is 2. The number of hydrogen-bond donors (Lipinski definition) is 3. The van der Waals surface area contributed by atoms with Crippen molar-refractivity contribution in [2.75, 3.05) is 0 Å². The standard InChI is InChI=1S/C8H14N2O4/c9-5-3-1-2-4-8(5,10)14-7(13)6(11)12/h5H,1-4,9-10H2,(H,11,12). The lowest BCUT2D eigenvalue weighted by atomic mass is 9.88. The van der Waals surface area contributed by atoms with E-state index < -0.39 is 23.7 Å². The van der Waals surface area contributed by atoms with Gasteiger partial charge in [0.25, 0.3) is 0 Å². The fourth-order valence-electron chi connectivity index (χ4n) is 1.54. The van der Waals surface area contributed by atoms with Crippen LogP contribution >= 0.6 is 0 Å². The average molecular weight is 202 g/mol. The van der Waals surface area contributed by atoms with Crippen molar-refractivity contribution in [3.05, 3.63) is 0 Å². The molecule has 0 aromatic rings. The molecule has 80 valence electrons. The van der Waals surface area contributed by atoms with Crippen LogP contribution in [-0.4, -0.2) is 28.8 Å². The number of esters is 1. The van der Waals surface area contributed by atoms with Crippen molar-refractivity contribution in [1.29, 1.82) is 0 Å². The Labute approximate surface area is 81.2 Å². The molecule has 0 amide bonds. The summed E-state index contributed by atoms with van der Waals surface area (Å²) in [7, 11) is 0. The van der Waals surface area contributed by atoms with E-state index in [2.05, 4.69) is 4.74 Å². The first-order valence-electron chi connectivity index (χ1n) is 4.46. The third-order valence-electron chi connectivity index (χ3n) is 2.42. The van der Waals surface area contributed by atoms with Crippen molar-refractivity contribution >= 4 is 11.9 Å². The Morgan fingerprint density at radius 2 is 2.07 bits per heavy atom. The maximum atomic E-state index is 10.8. The van der Waals surface area contributed by atoms with Crippen LogP contribution in [0.25, 0.3) is 0 Å². The molecule has 1 saturated carbocycles. The van der Waals surface area contributed by atoms with E-state index in [4.69, 9.17) is 16.6 Å². The van der Waals surface area contributed by atoms with Crippen molar-refractivity contribution < 1.29 is 19.4 Å². The molecule has 2 atom stereocenters. The molecule has 0 saturated heterocycles. The Hall–Kier alpha value is -1.14. The minimum Gasteiger partial charge on any atom is -0.473 e. The van der Waals surface area contributed by atoms with E-state index in [-0.39, 0.29) is 0 Å². The monoisotopic (exact) mass is 202 g/mol. The second kappa shape index (κ2) is 3.93. The average Bonchev–Trinajstić information content (AvgIpc) is 2.10. The maximum absolute atomic E-state index is 10.8. The Bertz CT molecular complexity index is 256. The van der Waals surface area contributed by atoms with Gasteiger partial charge in [-0.05, 0) is 12.8 Å². The van der Waals surface area contributed by atoms with Gasteiger partial charge < -0.3 is 15.6 Å². The van der Waals surface area contributed by atoms with Gasteiger partial charge in [0.15, 0.2) is 5.72 Å². The molecule has 14 heavy (non-hydrogen) atoms. The van der Waals surface area contributed by atoms with E-state index in [0.29, 0.717) is 12.8 Å². The smallest absolute Gasteiger partial charge is 0.419 e. The van der Waals surface area contributed by atoms with Gasteiger partial charge in [0.1, 0.15) is 0 Å². The lowest BCUT2D eigenvalue weighted by Gasteiger charge is -2.37. The van der Waals surface area contributed by atoms with Crippen LogP contribution in [-0.2, 0) is 14.3 Å². The summed E-state index contributed by atoms with van der Waals surface area (Å²) in [5.41, 5.74) is 10.1. The highest BCUT2D eigenvalue weighted by Crippen LogP contribution is 2.26. The van der Waals surface area contributed by atoms with Gasteiger partial charge in [0.05, 0.1) is 6.04 Å². The second-order valence-electron chi connectivity index (χ2n) is 3.50. The van der Waals surface area contributed by atoms with Gasteiger partial charge in [-0.15, -0.1) is 0 Å². The third-order valence-corrected chi connectivity index (χ3v) is 2.42. The fraction of sp³-hybridized carbons (Fsp3) is 0.750. The molecule has 0 bridgehead atoms. The highest BCUT2D eigenvalue weighted by atomic mass is 16.6. The Morgan fingerprint density at radius 3 is 2.57 bits per heavy atom. The van der Waals surface area contributed by atoms with Crippen molar-refractivity contribution in [2.45, 2.75) is 37.5 Å². The first-order chi connectivity index (χ1) is 6.46. The minimum atomic E-state index is -1.65. The number of carbonyl (C=O) groups excluding carboxylic acids is 1. The molecule has 0 spiro atoms. The summed E-state index contributed by atoms with van der Waals surface area (Å²) in [5, 5.41) is 8.34. The summed E-state index contributed by atoms with van der Waals surface area (Å²) >= 11 is 0. The van der Waals surface area contributed by atoms with Crippen LogP contribution in [0.4, 0.5) is 0 Å². The number of rotatable bonds is 1. The lowest BCUT2D eigenvalue weighted by molar-refractivity contribution is -0.178. The topological polar surface area (TPSA) is 116 Å². The van der Waals surface area contributed by atoms with Gasteiger partial charge in [0.2, 0.25) is 0 Å². The molecular formula is C8H14N2O4. The summed E-state index contributed by atoms with van der Waals surface area (Å²) < 4.78 is 4.67. The molecule has 1 rings (SSSR count). The second-order valence-corrected chi connectivity index (χ2v) is 3.50. The molecule has 0 radical (unpaired) electrons. The van der Waals surface area contributed by atoms with Gasteiger partial charge in [-0.25, -0.2) is 9.59 Å². The molecule has 0 heterocycles. The number of ether oxygens (including phenoxy) is 1. The van der Waals surface area contributed by atoms with Crippen molar-refractivity contribution in [3.63, 3.8) is 0 Å². The first kappa shape index (κ1) is 10.9. The zero-order valence-corrected chi connectivity index (χ0v) is 7.73. The first-order valence-corrected chi connectivity index (χ1v) is 4.46. The fourth-order valence-corrected chi connectivity index (χ4v) is 1.54. The molecule has 1 fully saturated rings. The number of carboxylic acid groups (broad SMARTS) is 1. The SMILES string of the molecule is NC1CCCCC1(N)OC(=O)C(=O)O. The van der Waals surface area contributed by atoms with Crippen LogP contribution in [0.5, 0.6) is 0 Å². The normalized spacial score (nSPS) is 32.3. The highest BCUT2D eigenvalue weighted by Gasteiger charge is 2.40. The summed E-state index contributed by atoms with van der Waals surface area (Å²) in [6.07, 6.45) is 2.76. The van der Waals surface area contributed by atoms with Crippen molar-refractivity contribution in [2.24, 2.45) is 11.5 Å². The predicted octanol–water partition coefficient (Wildman–Crippen LogP) is -0.829. The molecule has 6 heteroatoms. The Kier molecular flexibility index (Phi) is 3.07. The maximum Gasteiger partial charge on any atom is 0.419 e. The van der Waals surface area contributed by atoms with E-state index in [1.807, 2.05) is 0 Å². The van der Waals surface area contributed by atoms with E-state index >= 15 is 0 Å². The quantitative estimate of drug-likeness (QED) is 0.290. The molecule has 2 unspecified atom stereocenters. The number of hydrogen-bond acceptors (Lipinski definition) is 5. The highest BCUT2D eigenvalue weighted by molar-refractivity contribution is 6.28. The summed E-state index contributed by atoms with van der Waals surface area (Å²) in [4.78, 5) is 21.1. The van der Waals surface area contributed by atoms with E-state index in [9.17, 15) is 9.59 Å². The van der Waals surface area contributed by atoms with E-state index in [0.717, 1.165) is 12.8 Å². The van der Waals surface area contributed by atoms with Gasteiger partial charge in [-0.1, -0.05) is 6.42 Å². The number of carbonyl (C=O) groups is 2. The van der Waals surface area contributed by atoms with Gasteiger partial charge in [-0.2, -0.15) is 0 Å². The summed E-state index contributed by atoms with van der Waals surface area (Å²) in [6, 6.07) is -0.487. The van der Waals surface area contributed by atoms with E-state index in [1.165, 1.54) is 0 Å². The molecule has 0 aliphatic heterocycles. The number of aliphatic carboxylic acids is 1. The molecule has 0 aromatic carbocycles. The van der Waals surface area contributed by atoms with Crippen LogP contribution in [0.3, 0.4) is 0 Å². The van der Waals surface area contributed by atoms with Crippen LogP contribution in [0.15, 0.2) is 0 Å². The molecule has 6 nitrogen and oxygen atoms in total.